The fraction of sp³-hybridized carbons (Fsp3) is 0.263. The zero-order chi connectivity index (χ0) is 17.6. The Balaban J connectivity index is 1.55. The summed E-state index contributed by atoms with van der Waals surface area (Å²) in [6, 6.07) is 17.2. The summed E-state index contributed by atoms with van der Waals surface area (Å²) >= 11 is 0. The molecule has 2 aromatic rings. The Morgan fingerprint density at radius 2 is 1.76 bits per heavy atom. The van der Waals surface area contributed by atoms with Crippen LogP contribution in [0.2, 0.25) is 0 Å². The fourth-order valence-electron chi connectivity index (χ4n) is 2.84. The van der Waals surface area contributed by atoms with E-state index >= 15 is 0 Å². The maximum absolute atomic E-state index is 12.4. The lowest BCUT2D eigenvalue weighted by Crippen LogP contribution is -2.39. The van der Waals surface area contributed by atoms with Gasteiger partial charge in [-0.2, -0.15) is 0 Å². The third-order valence-electron chi connectivity index (χ3n) is 4.29. The number of carbonyl (C=O) groups excluding carboxylic acids is 2. The summed E-state index contributed by atoms with van der Waals surface area (Å²) in [5, 5.41) is 5.50. The zero-order valence-electron chi connectivity index (χ0n) is 14.1. The monoisotopic (exact) mass is 338 g/mol. The van der Waals surface area contributed by atoms with Crippen LogP contribution < -0.4 is 21.5 Å². The van der Waals surface area contributed by atoms with Crippen LogP contribution >= 0.6 is 0 Å². The molecule has 0 bridgehead atoms. The largest absolute Gasteiger partial charge is 0.359 e. The Hall–Kier alpha value is -2.70. The van der Waals surface area contributed by atoms with Gasteiger partial charge in [-0.25, -0.2) is 10.9 Å². The van der Waals surface area contributed by atoms with Gasteiger partial charge in [-0.15, -0.1) is 0 Å². The summed E-state index contributed by atoms with van der Waals surface area (Å²) in [6.07, 6.45) is 1.02. The van der Waals surface area contributed by atoms with Crippen LogP contribution in [0.4, 0.5) is 5.69 Å². The van der Waals surface area contributed by atoms with E-state index < -0.39 is 0 Å². The van der Waals surface area contributed by atoms with Gasteiger partial charge in [-0.05, 0) is 29.7 Å². The van der Waals surface area contributed by atoms with Crippen LogP contribution in [0.5, 0.6) is 0 Å². The molecule has 0 saturated carbocycles. The predicted molar refractivity (Wildman–Crippen MR) is 96.7 cm³/mol. The molecular weight excluding hydrogens is 316 g/mol. The first kappa shape index (κ1) is 17.1. The molecule has 1 aliphatic heterocycles. The molecule has 1 saturated heterocycles. The second kappa shape index (κ2) is 7.92. The first-order chi connectivity index (χ1) is 12.2. The average molecular weight is 338 g/mol. The topological polar surface area (TPSA) is 82.3 Å². The van der Waals surface area contributed by atoms with Crippen molar-refractivity contribution in [2.75, 3.05) is 12.4 Å². The lowest BCUT2D eigenvalue weighted by Gasteiger charge is -2.11. The first-order valence-electron chi connectivity index (χ1n) is 8.32. The highest BCUT2D eigenvalue weighted by atomic mass is 16.2. The highest BCUT2D eigenvalue weighted by Crippen LogP contribution is 2.22. The van der Waals surface area contributed by atoms with Crippen LogP contribution in [-0.4, -0.2) is 24.9 Å². The van der Waals surface area contributed by atoms with Crippen LogP contribution in [-0.2, 0) is 16.0 Å². The standard InChI is InChI=1S/C19H22N4O2/c1-20-18(24)11-13-7-9-15(10-8-13)21-19(25)17-12-16(22-23-17)14-5-3-2-4-6-14/h2-10,16-17,22-23H,11-12H2,1H3,(H,20,24)(H,21,25). The van der Waals surface area contributed by atoms with Crippen LogP contribution in [0.25, 0.3) is 0 Å². The second-order valence-electron chi connectivity index (χ2n) is 6.08. The van der Waals surface area contributed by atoms with Gasteiger partial charge in [0.05, 0.1) is 6.42 Å². The van der Waals surface area contributed by atoms with E-state index in [0.29, 0.717) is 12.8 Å². The number of hydrogen-bond donors (Lipinski definition) is 4. The van der Waals surface area contributed by atoms with Gasteiger partial charge < -0.3 is 10.6 Å². The van der Waals surface area contributed by atoms with Gasteiger partial charge in [0.1, 0.15) is 6.04 Å². The molecule has 1 heterocycles. The molecule has 4 N–H and O–H groups in total. The van der Waals surface area contributed by atoms with Gasteiger partial charge in [0.2, 0.25) is 11.8 Å². The van der Waals surface area contributed by atoms with Crippen molar-refractivity contribution in [3.63, 3.8) is 0 Å². The van der Waals surface area contributed by atoms with E-state index in [1.165, 1.54) is 0 Å². The predicted octanol–water partition coefficient (Wildman–Crippen LogP) is 1.52. The van der Waals surface area contributed by atoms with Crippen molar-refractivity contribution in [2.45, 2.75) is 24.9 Å². The van der Waals surface area contributed by atoms with Crippen LogP contribution in [0.15, 0.2) is 54.6 Å². The third-order valence-corrected chi connectivity index (χ3v) is 4.29. The lowest BCUT2D eigenvalue weighted by molar-refractivity contribution is -0.120. The summed E-state index contributed by atoms with van der Waals surface area (Å²) in [4.78, 5) is 23.8. The van der Waals surface area contributed by atoms with E-state index in [2.05, 4.69) is 21.5 Å². The first-order valence-corrected chi connectivity index (χ1v) is 8.32. The van der Waals surface area contributed by atoms with Gasteiger partial charge in [-0.1, -0.05) is 42.5 Å². The Labute approximate surface area is 147 Å². The third kappa shape index (κ3) is 4.43. The molecule has 1 aliphatic rings. The summed E-state index contributed by atoms with van der Waals surface area (Å²) in [5.74, 6) is -0.116. The highest BCUT2D eigenvalue weighted by molar-refractivity contribution is 5.95. The highest BCUT2D eigenvalue weighted by Gasteiger charge is 2.29. The van der Waals surface area contributed by atoms with Crippen LogP contribution in [0.1, 0.15) is 23.6 Å². The van der Waals surface area contributed by atoms with Gasteiger partial charge in [0.25, 0.3) is 0 Å². The van der Waals surface area contributed by atoms with E-state index in [4.69, 9.17) is 0 Å². The number of hydrogen-bond acceptors (Lipinski definition) is 4. The number of anilines is 1. The summed E-state index contributed by atoms with van der Waals surface area (Å²) in [6.45, 7) is 0. The van der Waals surface area contributed by atoms with Crippen molar-refractivity contribution < 1.29 is 9.59 Å². The molecule has 6 nitrogen and oxygen atoms in total. The van der Waals surface area contributed by atoms with Crippen molar-refractivity contribution >= 4 is 17.5 Å². The molecule has 3 rings (SSSR count). The molecule has 0 aromatic heterocycles. The van der Waals surface area contributed by atoms with Gasteiger partial charge in [-0.3, -0.25) is 9.59 Å². The van der Waals surface area contributed by atoms with E-state index in [0.717, 1.165) is 16.8 Å². The fourth-order valence-corrected chi connectivity index (χ4v) is 2.84. The molecular formula is C19H22N4O2. The van der Waals surface area contributed by atoms with Crippen molar-refractivity contribution in [2.24, 2.45) is 0 Å². The number of hydrazine groups is 1. The molecule has 0 spiro atoms. The minimum atomic E-state index is -0.296. The van der Waals surface area contributed by atoms with Crippen LogP contribution in [0.3, 0.4) is 0 Å². The van der Waals surface area contributed by atoms with E-state index in [9.17, 15) is 9.59 Å². The molecule has 1 fully saturated rings. The number of rotatable bonds is 5. The molecule has 2 unspecified atom stereocenters. The second-order valence-corrected chi connectivity index (χ2v) is 6.08. The minimum absolute atomic E-state index is 0.0371. The maximum atomic E-state index is 12.4. The van der Waals surface area contributed by atoms with Crippen molar-refractivity contribution in [1.29, 1.82) is 0 Å². The SMILES string of the molecule is CNC(=O)Cc1ccc(NC(=O)C2CC(c3ccccc3)NN2)cc1. The van der Waals surface area contributed by atoms with Gasteiger partial charge in [0.15, 0.2) is 0 Å². The van der Waals surface area contributed by atoms with Crippen LogP contribution in [0, 0.1) is 0 Å². The van der Waals surface area contributed by atoms with Crippen molar-refractivity contribution in [3.05, 3.63) is 65.7 Å². The molecule has 0 aliphatic carbocycles. The van der Waals surface area contributed by atoms with Gasteiger partial charge in [0, 0.05) is 18.8 Å². The molecule has 25 heavy (non-hydrogen) atoms. The number of carbonyl (C=O) groups is 2. The minimum Gasteiger partial charge on any atom is -0.359 e. The van der Waals surface area contributed by atoms with Crippen molar-refractivity contribution in [3.8, 4) is 0 Å². The summed E-state index contributed by atoms with van der Waals surface area (Å²) < 4.78 is 0. The average Bonchev–Trinajstić information content (AvgIpc) is 3.14. The molecule has 2 aromatic carbocycles. The number of benzene rings is 2. The Kier molecular flexibility index (Phi) is 5.42. The number of nitrogens with one attached hydrogen (secondary N) is 4. The molecule has 0 radical (unpaired) electrons. The molecule has 130 valence electrons. The van der Waals surface area contributed by atoms with E-state index in [1.54, 1.807) is 7.05 Å². The number of likely N-dealkylation sites (N-methyl/N-ethyl adjacent to an activating group) is 1. The quantitative estimate of drug-likeness (QED) is 0.666. The van der Waals surface area contributed by atoms with Crippen molar-refractivity contribution in [1.82, 2.24) is 16.2 Å². The van der Waals surface area contributed by atoms with E-state index in [-0.39, 0.29) is 23.9 Å². The molecule has 2 atom stereocenters. The Bertz CT molecular complexity index is 731. The summed E-state index contributed by atoms with van der Waals surface area (Å²) in [5.41, 5.74) is 9.01. The maximum Gasteiger partial charge on any atom is 0.242 e. The molecule has 2 amide bonds. The number of amides is 2. The van der Waals surface area contributed by atoms with E-state index in [1.807, 2.05) is 54.6 Å². The Morgan fingerprint density at radius 3 is 2.44 bits per heavy atom. The zero-order valence-corrected chi connectivity index (χ0v) is 14.1. The smallest absolute Gasteiger partial charge is 0.242 e. The van der Waals surface area contributed by atoms with Gasteiger partial charge >= 0.3 is 0 Å². The normalized spacial score (nSPS) is 19.4. The molecule has 6 heteroatoms. The summed E-state index contributed by atoms with van der Waals surface area (Å²) in [7, 11) is 1.61. The Morgan fingerprint density at radius 1 is 1.04 bits per heavy atom. The lowest BCUT2D eigenvalue weighted by atomic mass is 10.0.